The van der Waals surface area contributed by atoms with Crippen molar-refractivity contribution in [3.05, 3.63) is 24.3 Å². The van der Waals surface area contributed by atoms with Gasteiger partial charge in [-0.1, -0.05) is 37.6 Å². The number of hydrogen-bond acceptors (Lipinski definition) is 1. The van der Waals surface area contributed by atoms with Gasteiger partial charge < -0.3 is 5.11 Å². The molecule has 0 saturated carbocycles. The average Bonchev–Trinajstić information content (AvgIpc) is 1.89. The van der Waals surface area contributed by atoms with Crippen LogP contribution in [0.3, 0.4) is 0 Å². The number of allylic oxidation sites excluding steroid dienone is 3. The van der Waals surface area contributed by atoms with Crippen LogP contribution in [0.15, 0.2) is 24.3 Å². The zero-order chi connectivity index (χ0) is 6.95. The van der Waals surface area contributed by atoms with Gasteiger partial charge in [-0.05, 0) is 6.42 Å². The zero-order valence-corrected chi connectivity index (χ0v) is 5.88. The molecule has 52 valence electrons. The van der Waals surface area contributed by atoms with Crippen LogP contribution >= 0.6 is 0 Å². The minimum absolute atomic E-state index is 0.135. The lowest BCUT2D eigenvalue weighted by molar-refractivity contribution is 0.343. The number of hydrogen-bond donors (Lipinski definition) is 1. The van der Waals surface area contributed by atoms with Crippen molar-refractivity contribution in [2.45, 2.75) is 19.8 Å². The predicted molar refractivity (Wildman–Crippen MR) is 40.3 cm³/mol. The van der Waals surface area contributed by atoms with Crippen LogP contribution in [-0.2, 0) is 0 Å². The summed E-state index contributed by atoms with van der Waals surface area (Å²) in [6, 6.07) is 0. The third-order valence-corrected chi connectivity index (χ3v) is 0.944. The predicted octanol–water partition coefficient (Wildman–Crippen LogP) is 1.89. The van der Waals surface area contributed by atoms with E-state index in [1.165, 1.54) is 6.42 Å². The first-order valence-corrected chi connectivity index (χ1v) is 3.34. The van der Waals surface area contributed by atoms with E-state index in [-0.39, 0.29) is 6.61 Å². The molecule has 0 aliphatic carbocycles. The Bertz CT molecular complexity index is 92.7. The van der Waals surface area contributed by atoms with E-state index in [1.54, 1.807) is 6.08 Å². The van der Waals surface area contributed by atoms with Crippen LogP contribution in [0.1, 0.15) is 19.8 Å². The van der Waals surface area contributed by atoms with Crippen LogP contribution in [0, 0.1) is 0 Å². The second-order valence-corrected chi connectivity index (χ2v) is 1.83. The minimum Gasteiger partial charge on any atom is -0.392 e. The SMILES string of the molecule is CCC/C=C/C=C/CO. The Balaban J connectivity index is 3.13. The fraction of sp³-hybridized carbons (Fsp3) is 0.500. The topological polar surface area (TPSA) is 20.2 Å². The highest BCUT2D eigenvalue weighted by Gasteiger charge is 1.68. The number of aliphatic hydroxyl groups excluding tert-OH is 1. The lowest BCUT2D eigenvalue weighted by atomic mass is 10.3. The summed E-state index contributed by atoms with van der Waals surface area (Å²) in [6.45, 7) is 2.27. The number of unbranched alkanes of at least 4 members (excludes halogenated alkanes) is 1. The lowest BCUT2D eigenvalue weighted by Crippen LogP contribution is -1.67. The molecule has 0 heterocycles. The highest BCUT2D eigenvalue weighted by Crippen LogP contribution is 1.87. The Hall–Kier alpha value is -0.560. The molecule has 1 heteroatoms. The fourth-order valence-corrected chi connectivity index (χ4v) is 0.481. The van der Waals surface area contributed by atoms with Crippen molar-refractivity contribution >= 4 is 0 Å². The summed E-state index contributed by atoms with van der Waals surface area (Å²) >= 11 is 0. The molecule has 1 N–H and O–H groups in total. The van der Waals surface area contributed by atoms with E-state index in [2.05, 4.69) is 13.0 Å². The summed E-state index contributed by atoms with van der Waals surface area (Å²) in [4.78, 5) is 0. The van der Waals surface area contributed by atoms with Crippen molar-refractivity contribution in [2.75, 3.05) is 6.61 Å². The van der Waals surface area contributed by atoms with Crippen LogP contribution in [0.2, 0.25) is 0 Å². The van der Waals surface area contributed by atoms with Crippen LogP contribution in [0.25, 0.3) is 0 Å². The van der Waals surface area contributed by atoms with E-state index >= 15 is 0 Å². The van der Waals surface area contributed by atoms with Crippen molar-refractivity contribution in [3.63, 3.8) is 0 Å². The third-order valence-electron chi connectivity index (χ3n) is 0.944. The maximum atomic E-state index is 8.30. The Kier molecular flexibility index (Phi) is 6.98. The van der Waals surface area contributed by atoms with Gasteiger partial charge in [-0.25, -0.2) is 0 Å². The Morgan fingerprint density at radius 1 is 1.22 bits per heavy atom. The molecule has 0 aliphatic heterocycles. The highest BCUT2D eigenvalue weighted by molar-refractivity contribution is 5.01. The zero-order valence-electron chi connectivity index (χ0n) is 5.88. The summed E-state index contributed by atoms with van der Waals surface area (Å²) in [5.41, 5.74) is 0. The first-order chi connectivity index (χ1) is 4.41. The third kappa shape index (κ3) is 7.44. The maximum absolute atomic E-state index is 8.30. The number of aliphatic hydroxyl groups is 1. The minimum atomic E-state index is 0.135. The largest absolute Gasteiger partial charge is 0.392 e. The molecular weight excluding hydrogens is 112 g/mol. The van der Waals surface area contributed by atoms with E-state index in [0.717, 1.165) is 6.42 Å². The Morgan fingerprint density at radius 3 is 2.44 bits per heavy atom. The standard InChI is InChI=1S/C8H14O/c1-2-3-4-5-6-7-8-9/h4-7,9H,2-3,8H2,1H3/b5-4+,7-6+. The molecule has 0 amide bonds. The van der Waals surface area contributed by atoms with Gasteiger partial charge in [0.15, 0.2) is 0 Å². The van der Waals surface area contributed by atoms with E-state index in [1.807, 2.05) is 12.2 Å². The highest BCUT2D eigenvalue weighted by atomic mass is 16.2. The first kappa shape index (κ1) is 8.44. The van der Waals surface area contributed by atoms with E-state index < -0.39 is 0 Å². The number of rotatable bonds is 4. The maximum Gasteiger partial charge on any atom is 0.0615 e. The summed E-state index contributed by atoms with van der Waals surface area (Å²) in [5.74, 6) is 0. The molecule has 0 fully saturated rings. The van der Waals surface area contributed by atoms with Crippen molar-refractivity contribution < 1.29 is 5.11 Å². The molecule has 0 saturated heterocycles. The molecule has 0 spiro atoms. The van der Waals surface area contributed by atoms with Gasteiger partial charge in [0.25, 0.3) is 0 Å². The van der Waals surface area contributed by atoms with Gasteiger partial charge in [-0.3, -0.25) is 0 Å². The van der Waals surface area contributed by atoms with Gasteiger partial charge in [0.1, 0.15) is 0 Å². The Labute approximate surface area is 56.7 Å². The molecule has 0 unspecified atom stereocenters. The normalized spacial score (nSPS) is 11.8. The van der Waals surface area contributed by atoms with Crippen molar-refractivity contribution in [1.29, 1.82) is 0 Å². The quantitative estimate of drug-likeness (QED) is 0.570. The fourth-order valence-electron chi connectivity index (χ4n) is 0.481. The van der Waals surface area contributed by atoms with Crippen LogP contribution < -0.4 is 0 Å². The molecule has 0 aromatic carbocycles. The molecule has 0 aromatic rings. The van der Waals surface area contributed by atoms with E-state index in [9.17, 15) is 0 Å². The van der Waals surface area contributed by atoms with Crippen LogP contribution in [0.4, 0.5) is 0 Å². The molecule has 0 radical (unpaired) electrons. The second kappa shape index (κ2) is 7.44. The smallest absolute Gasteiger partial charge is 0.0615 e. The van der Waals surface area contributed by atoms with Gasteiger partial charge in [0, 0.05) is 0 Å². The molecule has 0 rings (SSSR count). The molecular formula is C8H14O. The van der Waals surface area contributed by atoms with Gasteiger partial charge in [0.2, 0.25) is 0 Å². The van der Waals surface area contributed by atoms with E-state index in [4.69, 9.17) is 5.11 Å². The second-order valence-electron chi connectivity index (χ2n) is 1.83. The molecule has 0 bridgehead atoms. The van der Waals surface area contributed by atoms with Gasteiger partial charge >= 0.3 is 0 Å². The lowest BCUT2D eigenvalue weighted by Gasteiger charge is -1.79. The first-order valence-electron chi connectivity index (χ1n) is 3.34. The van der Waals surface area contributed by atoms with Crippen LogP contribution in [0.5, 0.6) is 0 Å². The molecule has 0 aliphatic rings. The van der Waals surface area contributed by atoms with Gasteiger partial charge in [-0.2, -0.15) is 0 Å². The van der Waals surface area contributed by atoms with Crippen molar-refractivity contribution in [1.82, 2.24) is 0 Å². The summed E-state index contributed by atoms with van der Waals surface area (Å²) in [5, 5.41) is 8.30. The van der Waals surface area contributed by atoms with Crippen molar-refractivity contribution in [2.24, 2.45) is 0 Å². The monoisotopic (exact) mass is 126 g/mol. The summed E-state index contributed by atoms with van der Waals surface area (Å²) in [6.07, 6.45) is 9.92. The van der Waals surface area contributed by atoms with Crippen molar-refractivity contribution in [3.8, 4) is 0 Å². The van der Waals surface area contributed by atoms with Gasteiger partial charge in [-0.15, -0.1) is 0 Å². The van der Waals surface area contributed by atoms with E-state index in [0.29, 0.717) is 0 Å². The molecule has 9 heavy (non-hydrogen) atoms. The molecule has 0 atom stereocenters. The Morgan fingerprint density at radius 2 is 1.89 bits per heavy atom. The summed E-state index contributed by atoms with van der Waals surface area (Å²) < 4.78 is 0. The molecule has 1 nitrogen and oxygen atoms in total. The average molecular weight is 126 g/mol. The van der Waals surface area contributed by atoms with Crippen LogP contribution in [-0.4, -0.2) is 11.7 Å². The summed E-state index contributed by atoms with van der Waals surface area (Å²) in [7, 11) is 0. The molecule has 0 aromatic heterocycles. The van der Waals surface area contributed by atoms with Gasteiger partial charge in [0.05, 0.1) is 6.61 Å².